The fourth-order valence-corrected chi connectivity index (χ4v) is 2.75. The van der Waals surface area contributed by atoms with Gasteiger partial charge in [0.1, 0.15) is 0 Å². The van der Waals surface area contributed by atoms with Crippen molar-refractivity contribution in [3.8, 4) is 0 Å². The van der Waals surface area contributed by atoms with Crippen LogP contribution < -0.4 is 5.32 Å². The van der Waals surface area contributed by atoms with E-state index < -0.39 is 0 Å². The SMILES string of the molecule is Cc1cccc(C(=O)N[C@@H](CO)Cc2ccccc2)c1I. The molecule has 0 aliphatic carbocycles. The van der Waals surface area contributed by atoms with Crippen LogP contribution in [0.25, 0.3) is 0 Å². The third kappa shape index (κ3) is 4.28. The lowest BCUT2D eigenvalue weighted by Gasteiger charge is -2.17. The van der Waals surface area contributed by atoms with Crippen molar-refractivity contribution in [2.24, 2.45) is 0 Å². The van der Waals surface area contributed by atoms with Crippen molar-refractivity contribution in [1.29, 1.82) is 0 Å². The molecule has 1 amide bonds. The molecule has 0 aliphatic heterocycles. The molecular formula is C17H18INO2. The highest BCUT2D eigenvalue weighted by atomic mass is 127. The summed E-state index contributed by atoms with van der Waals surface area (Å²) in [5.41, 5.74) is 2.82. The number of hydrogen-bond donors (Lipinski definition) is 2. The summed E-state index contributed by atoms with van der Waals surface area (Å²) in [5, 5.41) is 12.4. The highest BCUT2D eigenvalue weighted by Crippen LogP contribution is 2.16. The average molecular weight is 395 g/mol. The summed E-state index contributed by atoms with van der Waals surface area (Å²) in [5.74, 6) is -0.141. The van der Waals surface area contributed by atoms with Crippen LogP contribution in [0.15, 0.2) is 48.5 Å². The van der Waals surface area contributed by atoms with Gasteiger partial charge in [-0.2, -0.15) is 0 Å². The van der Waals surface area contributed by atoms with E-state index in [1.54, 1.807) is 6.07 Å². The van der Waals surface area contributed by atoms with Crippen LogP contribution in [0, 0.1) is 10.5 Å². The first-order valence-corrected chi connectivity index (χ1v) is 7.90. The standard InChI is InChI=1S/C17H18INO2/c1-12-6-5-9-15(16(12)18)17(21)19-14(11-20)10-13-7-3-2-4-8-13/h2-9,14,20H,10-11H2,1H3,(H,19,21)/t14-/m1/s1. The molecule has 2 N–H and O–H groups in total. The van der Waals surface area contributed by atoms with E-state index in [0.29, 0.717) is 12.0 Å². The lowest BCUT2D eigenvalue weighted by Crippen LogP contribution is -2.39. The van der Waals surface area contributed by atoms with Gasteiger partial charge in [-0.15, -0.1) is 0 Å². The first-order valence-electron chi connectivity index (χ1n) is 6.82. The predicted molar refractivity (Wildman–Crippen MR) is 92.4 cm³/mol. The molecule has 0 aromatic heterocycles. The van der Waals surface area contributed by atoms with Gasteiger partial charge in [0.15, 0.2) is 0 Å². The third-order valence-corrected chi connectivity index (χ3v) is 4.75. The van der Waals surface area contributed by atoms with E-state index in [2.05, 4.69) is 27.9 Å². The van der Waals surface area contributed by atoms with E-state index in [1.807, 2.05) is 49.4 Å². The van der Waals surface area contributed by atoms with Crippen molar-refractivity contribution >= 4 is 28.5 Å². The highest BCUT2D eigenvalue weighted by molar-refractivity contribution is 14.1. The van der Waals surface area contributed by atoms with E-state index >= 15 is 0 Å². The summed E-state index contributed by atoms with van der Waals surface area (Å²) in [6, 6.07) is 15.2. The van der Waals surface area contributed by atoms with Crippen LogP contribution >= 0.6 is 22.6 Å². The van der Waals surface area contributed by atoms with E-state index in [0.717, 1.165) is 14.7 Å². The highest BCUT2D eigenvalue weighted by Gasteiger charge is 2.16. The molecule has 0 saturated heterocycles. The number of hydrogen-bond acceptors (Lipinski definition) is 2. The van der Waals surface area contributed by atoms with Gasteiger partial charge >= 0.3 is 0 Å². The number of aliphatic hydroxyl groups excluding tert-OH is 1. The van der Waals surface area contributed by atoms with E-state index in [1.165, 1.54) is 0 Å². The second kappa shape index (κ2) is 7.56. The molecule has 0 spiro atoms. The van der Waals surface area contributed by atoms with Gasteiger partial charge in [0.05, 0.1) is 18.2 Å². The van der Waals surface area contributed by atoms with Gasteiger partial charge in [0, 0.05) is 3.57 Å². The van der Waals surface area contributed by atoms with Gasteiger partial charge < -0.3 is 10.4 Å². The largest absolute Gasteiger partial charge is 0.394 e. The Kier molecular flexibility index (Phi) is 5.76. The number of amides is 1. The quantitative estimate of drug-likeness (QED) is 0.765. The molecule has 3 nitrogen and oxygen atoms in total. The first-order chi connectivity index (χ1) is 10.1. The summed E-state index contributed by atoms with van der Waals surface area (Å²) in [6.45, 7) is 1.90. The summed E-state index contributed by atoms with van der Waals surface area (Å²) in [4.78, 5) is 12.4. The summed E-state index contributed by atoms with van der Waals surface area (Å²) in [7, 11) is 0. The third-order valence-electron chi connectivity index (χ3n) is 3.32. The number of halogens is 1. The molecule has 2 rings (SSSR count). The first kappa shape index (κ1) is 16.0. The Labute approximate surface area is 138 Å². The van der Waals surface area contributed by atoms with Crippen LogP contribution in [0.2, 0.25) is 0 Å². The lowest BCUT2D eigenvalue weighted by atomic mass is 10.1. The summed E-state index contributed by atoms with van der Waals surface area (Å²) >= 11 is 2.18. The van der Waals surface area contributed by atoms with Crippen molar-refractivity contribution in [2.75, 3.05) is 6.61 Å². The van der Waals surface area contributed by atoms with Gasteiger partial charge in [0.2, 0.25) is 0 Å². The molecule has 0 bridgehead atoms. The maximum absolute atomic E-state index is 12.4. The zero-order chi connectivity index (χ0) is 15.2. The fourth-order valence-electron chi connectivity index (χ4n) is 2.15. The zero-order valence-corrected chi connectivity index (χ0v) is 14.0. The Balaban J connectivity index is 2.08. The number of aliphatic hydroxyl groups is 1. The normalized spacial score (nSPS) is 12.0. The molecule has 21 heavy (non-hydrogen) atoms. The van der Waals surface area contributed by atoms with Gasteiger partial charge in [-0.25, -0.2) is 0 Å². The lowest BCUT2D eigenvalue weighted by molar-refractivity contribution is 0.0915. The molecule has 0 fully saturated rings. The van der Waals surface area contributed by atoms with Crippen LogP contribution in [-0.2, 0) is 6.42 Å². The Hall–Kier alpha value is -1.40. The smallest absolute Gasteiger partial charge is 0.252 e. The van der Waals surface area contributed by atoms with Crippen LogP contribution in [0.3, 0.4) is 0 Å². The number of nitrogens with one attached hydrogen (secondary N) is 1. The maximum Gasteiger partial charge on any atom is 0.252 e. The van der Waals surface area contributed by atoms with E-state index in [9.17, 15) is 9.90 Å². The molecule has 1 atom stereocenters. The zero-order valence-electron chi connectivity index (χ0n) is 11.8. The molecule has 0 aliphatic rings. The predicted octanol–water partition coefficient (Wildman–Crippen LogP) is 2.93. The van der Waals surface area contributed by atoms with Gasteiger partial charge in [-0.1, -0.05) is 42.5 Å². The van der Waals surface area contributed by atoms with Crippen molar-refractivity contribution in [1.82, 2.24) is 5.32 Å². The second-order valence-electron chi connectivity index (χ2n) is 4.98. The van der Waals surface area contributed by atoms with Crippen LogP contribution in [-0.4, -0.2) is 23.7 Å². The number of aryl methyl sites for hydroxylation is 1. The molecule has 110 valence electrons. The number of benzene rings is 2. The number of carbonyl (C=O) groups is 1. The Morgan fingerprint density at radius 1 is 1.19 bits per heavy atom. The van der Waals surface area contributed by atoms with Crippen molar-refractivity contribution in [2.45, 2.75) is 19.4 Å². The fraction of sp³-hybridized carbons (Fsp3) is 0.235. The molecule has 0 heterocycles. The van der Waals surface area contributed by atoms with Crippen molar-refractivity contribution in [3.63, 3.8) is 0 Å². The van der Waals surface area contributed by atoms with Crippen molar-refractivity contribution in [3.05, 3.63) is 68.8 Å². The van der Waals surface area contributed by atoms with Crippen LogP contribution in [0.1, 0.15) is 21.5 Å². The molecule has 2 aromatic carbocycles. The van der Waals surface area contributed by atoms with Crippen molar-refractivity contribution < 1.29 is 9.90 Å². The van der Waals surface area contributed by atoms with E-state index in [-0.39, 0.29) is 18.6 Å². The molecule has 0 radical (unpaired) electrons. The summed E-state index contributed by atoms with van der Waals surface area (Å²) in [6.07, 6.45) is 0.617. The average Bonchev–Trinajstić information content (AvgIpc) is 2.50. The number of carbonyl (C=O) groups excluding carboxylic acids is 1. The Morgan fingerprint density at radius 2 is 1.90 bits per heavy atom. The van der Waals surface area contributed by atoms with E-state index in [4.69, 9.17) is 0 Å². The maximum atomic E-state index is 12.4. The Bertz CT molecular complexity index is 613. The van der Waals surface area contributed by atoms with Crippen LogP contribution in [0.5, 0.6) is 0 Å². The van der Waals surface area contributed by atoms with Gasteiger partial charge in [0.25, 0.3) is 5.91 Å². The number of rotatable bonds is 5. The molecule has 0 unspecified atom stereocenters. The van der Waals surface area contributed by atoms with Gasteiger partial charge in [-0.3, -0.25) is 4.79 Å². The molecule has 2 aromatic rings. The molecular weight excluding hydrogens is 377 g/mol. The minimum atomic E-state index is -0.281. The van der Waals surface area contributed by atoms with Crippen LogP contribution in [0.4, 0.5) is 0 Å². The van der Waals surface area contributed by atoms with Gasteiger partial charge in [-0.05, 0) is 53.1 Å². The summed E-state index contributed by atoms with van der Waals surface area (Å²) < 4.78 is 0.948. The molecule has 0 saturated carbocycles. The molecule has 4 heteroatoms. The second-order valence-corrected chi connectivity index (χ2v) is 6.06. The Morgan fingerprint density at radius 3 is 2.57 bits per heavy atom. The minimum Gasteiger partial charge on any atom is -0.394 e. The monoisotopic (exact) mass is 395 g/mol. The minimum absolute atomic E-state index is 0.0803. The topological polar surface area (TPSA) is 49.3 Å².